The van der Waals surface area contributed by atoms with Crippen molar-refractivity contribution >= 4 is 34.8 Å². The van der Waals surface area contributed by atoms with Crippen molar-refractivity contribution in [3.05, 3.63) is 35.9 Å². The van der Waals surface area contributed by atoms with Crippen LogP contribution >= 0.6 is 24.0 Å². The highest BCUT2D eigenvalue weighted by Crippen LogP contribution is 2.48. The van der Waals surface area contributed by atoms with Gasteiger partial charge < -0.3 is 5.73 Å². The van der Waals surface area contributed by atoms with E-state index < -0.39 is 0 Å². The van der Waals surface area contributed by atoms with E-state index in [4.69, 9.17) is 18.0 Å². The van der Waals surface area contributed by atoms with Crippen LogP contribution in [0.15, 0.2) is 35.4 Å². The van der Waals surface area contributed by atoms with Gasteiger partial charge in [-0.25, -0.2) is 0 Å². The molecule has 1 heterocycles. The molecule has 0 bridgehead atoms. The fourth-order valence-corrected chi connectivity index (χ4v) is 4.74. The lowest BCUT2D eigenvalue weighted by molar-refractivity contribution is 0.210. The summed E-state index contributed by atoms with van der Waals surface area (Å²) in [6, 6.07) is 10.8. The summed E-state index contributed by atoms with van der Waals surface area (Å²) in [7, 11) is 0. The number of nitrogens with two attached hydrogens (primary N) is 1. The Bertz CT molecular complexity index is 590. The van der Waals surface area contributed by atoms with Crippen molar-refractivity contribution in [3.63, 3.8) is 0 Å². The number of nitrogens with one attached hydrogen (secondary N) is 1. The molecule has 0 radical (unpaired) electrons. The van der Waals surface area contributed by atoms with Gasteiger partial charge in [-0.2, -0.15) is 16.9 Å². The molecule has 0 aromatic heterocycles. The lowest BCUT2D eigenvalue weighted by Gasteiger charge is -2.47. The van der Waals surface area contributed by atoms with Gasteiger partial charge in [-0.15, -0.1) is 0 Å². The number of thiocarbonyl (C=S) groups is 1. The molecule has 2 aliphatic rings. The van der Waals surface area contributed by atoms with Crippen LogP contribution in [0.2, 0.25) is 0 Å². The molecule has 1 saturated carbocycles. The maximum atomic E-state index is 5.57. The second-order valence-corrected chi connectivity index (χ2v) is 8.66. The molecule has 6 heteroatoms. The van der Waals surface area contributed by atoms with E-state index in [0.29, 0.717) is 5.92 Å². The Hall–Kier alpha value is -1.11. The first-order valence-corrected chi connectivity index (χ1v) is 10.1. The summed E-state index contributed by atoms with van der Waals surface area (Å²) in [4.78, 5) is 2.49. The minimum Gasteiger partial charge on any atom is -0.375 e. The monoisotopic (exact) mass is 362 g/mol. The summed E-state index contributed by atoms with van der Waals surface area (Å²) in [5.74, 6) is 2.93. The highest BCUT2D eigenvalue weighted by atomic mass is 32.2. The van der Waals surface area contributed by atoms with Gasteiger partial charge in [0, 0.05) is 37.1 Å². The van der Waals surface area contributed by atoms with Gasteiger partial charge >= 0.3 is 0 Å². The molecule has 0 amide bonds. The van der Waals surface area contributed by atoms with Crippen LogP contribution in [0.25, 0.3) is 0 Å². The molecule has 1 aromatic carbocycles. The first-order valence-electron chi connectivity index (χ1n) is 8.54. The van der Waals surface area contributed by atoms with Crippen LogP contribution in [0.5, 0.6) is 0 Å². The van der Waals surface area contributed by atoms with Gasteiger partial charge in [0.25, 0.3) is 0 Å². The molecule has 3 rings (SSSR count). The lowest BCUT2D eigenvalue weighted by Crippen LogP contribution is -2.47. The molecule has 130 valence electrons. The van der Waals surface area contributed by atoms with Crippen LogP contribution in [-0.2, 0) is 5.41 Å². The fourth-order valence-electron chi connectivity index (χ4n) is 3.71. The number of hydrogen-bond donors (Lipinski definition) is 2. The van der Waals surface area contributed by atoms with Gasteiger partial charge in [0.2, 0.25) is 0 Å². The van der Waals surface area contributed by atoms with Gasteiger partial charge in [-0.1, -0.05) is 37.3 Å². The van der Waals surface area contributed by atoms with E-state index in [0.717, 1.165) is 32.5 Å². The van der Waals surface area contributed by atoms with Gasteiger partial charge in [0.1, 0.15) is 0 Å². The van der Waals surface area contributed by atoms with E-state index in [-0.39, 0.29) is 10.5 Å². The van der Waals surface area contributed by atoms with Crippen molar-refractivity contribution < 1.29 is 0 Å². The van der Waals surface area contributed by atoms with E-state index in [9.17, 15) is 0 Å². The first-order chi connectivity index (χ1) is 11.6. The van der Waals surface area contributed by atoms with Gasteiger partial charge in [-0.05, 0) is 36.0 Å². The van der Waals surface area contributed by atoms with Crippen LogP contribution in [0.1, 0.15) is 25.3 Å². The third-order valence-corrected chi connectivity index (χ3v) is 6.17. The number of thioether (sulfide) groups is 1. The molecule has 4 nitrogen and oxygen atoms in total. The van der Waals surface area contributed by atoms with Crippen molar-refractivity contribution in [3.8, 4) is 0 Å². The summed E-state index contributed by atoms with van der Waals surface area (Å²) in [5, 5.41) is 4.79. The van der Waals surface area contributed by atoms with Crippen LogP contribution in [0.3, 0.4) is 0 Å². The Morgan fingerprint density at radius 3 is 2.62 bits per heavy atom. The number of hydrazone groups is 1. The van der Waals surface area contributed by atoms with Crippen LogP contribution in [0.4, 0.5) is 0 Å². The van der Waals surface area contributed by atoms with Crippen LogP contribution in [-0.4, -0.2) is 46.9 Å². The fraction of sp³-hybridized carbons (Fsp3) is 0.556. The molecule has 1 aromatic rings. The SMILES string of the molecule is CC1(c2ccccc2)CC(/C(CN2CCSCC2)=N/NC(N)=S)C1. The first kappa shape index (κ1) is 17.7. The highest BCUT2D eigenvalue weighted by molar-refractivity contribution is 7.99. The number of hydrogen-bond acceptors (Lipinski definition) is 4. The predicted molar refractivity (Wildman–Crippen MR) is 108 cm³/mol. The minimum absolute atomic E-state index is 0.242. The molecule has 24 heavy (non-hydrogen) atoms. The molecule has 0 atom stereocenters. The Labute approximate surface area is 154 Å². The zero-order valence-electron chi connectivity index (χ0n) is 14.2. The second kappa shape index (κ2) is 7.85. The summed E-state index contributed by atoms with van der Waals surface area (Å²) < 4.78 is 0. The molecule has 2 fully saturated rings. The molecule has 0 spiro atoms. The Kier molecular flexibility index (Phi) is 5.79. The highest BCUT2D eigenvalue weighted by Gasteiger charge is 2.43. The molecule has 0 unspecified atom stereocenters. The van der Waals surface area contributed by atoms with Crippen molar-refractivity contribution in [2.75, 3.05) is 31.1 Å². The maximum absolute atomic E-state index is 5.57. The summed E-state index contributed by atoms with van der Waals surface area (Å²) in [6.07, 6.45) is 2.27. The Balaban J connectivity index is 1.66. The quantitative estimate of drug-likeness (QED) is 0.479. The van der Waals surface area contributed by atoms with Crippen molar-refractivity contribution in [2.24, 2.45) is 16.8 Å². The zero-order chi connectivity index (χ0) is 17.0. The topological polar surface area (TPSA) is 53.6 Å². The van der Waals surface area contributed by atoms with Crippen molar-refractivity contribution in [1.29, 1.82) is 0 Å². The minimum atomic E-state index is 0.242. The van der Waals surface area contributed by atoms with Crippen LogP contribution < -0.4 is 11.2 Å². The molecule has 1 aliphatic carbocycles. The molecule has 1 aliphatic heterocycles. The number of nitrogens with zero attached hydrogens (tertiary/aromatic N) is 2. The third kappa shape index (κ3) is 4.29. The molecular formula is C18H26N4S2. The smallest absolute Gasteiger partial charge is 0.184 e. The lowest BCUT2D eigenvalue weighted by atomic mass is 9.58. The van der Waals surface area contributed by atoms with Crippen molar-refractivity contribution in [1.82, 2.24) is 10.3 Å². The zero-order valence-corrected chi connectivity index (χ0v) is 15.8. The average Bonchev–Trinajstić information content (AvgIpc) is 2.57. The number of rotatable bonds is 5. The van der Waals surface area contributed by atoms with Gasteiger partial charge in [0.05, 0.1) is 5.71 Å². The van der Waals surface area contributed by atoms with Gasteiger partial charge in [0.15, 0.2) is 5.11 Å². The summed E-state index contributed by atoms with van der Waals surface area (Å²) in [6.45, 7) is 5.56. The van der Waals surface area contributed by atoms with Crippen LogP contribution in [0, 0.1) is 5.92 Å². The third-order valence-electron chi connectivity index (χ3n) is 5.13. The average molecular weight is 363 g/mol. The maximum Gasteiger partial charge on any atom is 0.184 e. The largest absolute Gasteiger partial charge is 0.375 e. The van der Waals surface area contributed by atoms with E-state index in [1.807, 2.05) is 11.8 Å². The standard InChI is InChI=1S/C18H26N4S2/c1-18(15-5-3-2-4-6-15)11-14(12-18)16(20-21-17(19)23)13-22-7-9-24-10-8-22/h2-6,14H,7-13H2,1H3,(H3,19,21,23)/b20-16+. The summed E-state index contributed by atoms with van der Waals surface area (Å²) in [5.41, 5.74) is 11.3. The van der Waals surface area contributed by atoms with Gasteiger partial charge in [-0.3, -0.25) is 10.3 Å². The molecular weight excluding hydrogens is 336 g/mol. The second-order valence-electron chi connectivity index (χ2n) is 7.00. The Morgan fingerprint density at radius 1 is 1.33 bits per heavy atom. The van der Waals surface area contributed by atoms with E-state index >= 15 is 0 Å². The molecule has 1 saturated heterocycles. The van der Waals surface area contributed by atoms with Crippen molar-refractivity contribution in [2.45, 2.75) is 25.2 Å². The van der Waals surface area contributed by atoms with E-state index in [1.54, 1.807) is 0 Å². The Morgan fingerprint density at radius 2 is 2.00 bits per heavy atom. The van der Waals surface area contributed by atoms with E-state index in [2.05, 4.69) is 52.7 Å². The summed E-state index contributed by atoms with van der Waals surface area (Å²) >= 11 is 6.95. The molecule has 3 N–H and O–H groups in total. The van der Waals surface area contributed by atoms with E-state index in [1.165, 1.54) is 22.8 Å². The predicted octanol–water partition coefficient (Wildman–Crippen LogP) is 2.59. The normalized spacial score (nSPS) is 28.2. The number of benzene rings is 1.